The summed E-state index contributed by atoms with van der Waals surface area (Å²) in [5.74, 6) is -0.243. The van der Waals surface area contributed by atoms with Gasteiger partial charge in [-0.25, -0.2) is 0 Å². The molecule has 2 saturated heterocycles. The number of carbonyl (C=O) groups excluding carboxylic acids is 2. The van der Waals surface area contributed by atoms with Crippen molar-refractivity contribution in [3.8, 4) is 11.5 Å². The van der Waals surface area contributed by atoms with Crippen LogP contribution in [0, 0.1) is 0 Å². The second-order valence-electron chi connectivity index (χ2n) is 10.5. The predicted octanol–water partition coefficient (Wildman–Crippen LogP) is 3.59. The van der Waals surface area contributed by atoms with E-state index in [-0.39, 0.29) is 48.2 Å². The summed E-state index contributed by atoms with van der Waals surface area (Å²) in [6.07, 6.45) is -1.51. The summed E-state index contributed by atoms with van der Waals surface area (Å²) in [6.45, 7) is 5.91. The number of nitrogens with zero attached hydrogens (tertiary/aromatic N) is 4. The summed E-state index contributed by atoms with van der Waals surface area (Å²) < 4.78 is 54.8. The molecule has 0 radical (unpaired) electrons. The van der Waals surface area contributed by atoms with Crippen molar-refractivity contribution in [2.45, 2.75) is 77.2 Å². The Labute approximate surface area is 224 Å². The van der Waals surface area contributed by atoms with E-state index >= 15 is 0 Å². The van der Waals surface area contributed by atoms with Gasteiger partial charge >= 0.3 is 6.36 Å². The van der Waals surface area contributed by atoms with Crippen LogP contribution in [0.1, 0.15) is 54.9 Å². The van der Waals surface area contributed by atoms with Crippen molar-refractivity contribution in [2.24, 2.45) is 0 Å². The van der Waals surface area contributed by atoms with Crippen LogP contribution in [-0.2, 0) is 28.9 Å². The van der Waals surface area contributed by atoms with Crippen molar-refractivity contribution in [3.63, 3.8) is 0 Å². The van der Waals surface area contributed by atoms with Crippen LogP contribution in [0.25, 0.3) is 0 Å². The van der Waals surface area contributed by atoms with E-state index in [0.717, 1.165) is 30.5 Å². The van der Waals surface area contributed by atoms with E-state index in [1.165, 1.54) is 18.2 Å². The van der Waals surface area contributed by atoms with Gasteiger partial charge in [-0.15, -0.1) is 13.2 Å². The third kappa shape index (κ3) is 6.48. The smallest absolute Gasteiger partial charge is 0.490 e. The van der Waals surface area contributed by atoms with E-state index in [2.05, 4.69) is 9.84 Å². The molecule has 2 amide bonds. The van der Waals surface area contributed by atoms with Crippen LogP contribution in [0.4, 0.5) is 13.2 Å². The standard InChI is InChI=1S/C27H33F3N4O5/c1-17-14-33(15-18(2)37-17)26(36)25-22-7-4-8-23(22)34(31-25)16-24(35)32-11-9-19(10-12-32)38-20-5-3-6-21(13-20)39-27(28,29)30/h3,5-6,13,17-19H,4,7-12,14-16H2,1-2H3/t17-,18+. The number of fused-ring (bicyclic) bond motifs is 1. The number of morpholine rings is 1. The molecule has 0 bridgehead atoms. The highest BCUT2D eigenvalue weighted by atomic mass is 19.4. The minimum Gasteiger partial charge on any atom is -0.490 e. The quantitative estimate of drug-likeness (QED) is 0.547. The summed E-state index contributed by atoms with van der Waals surface area (Å²) >= 11 is 0. The summed E-state index contributed by atoms with van der Waals surface area (Å²) in [5.41, 5.74) is 2.35. The van der Waals surface area contributed by atoms with Crippen LogP contribution in [0.3, 0.4) is 0 Å². The van der Waals surface area contributed by atoms with Gasteiger partial charge < -0.3 is 24.0 Å². The molecule has 39 heavy (non-hydrogen) atoms. The minimum atomic E-state index is -4.77. The van der Waals surface area contributed by atoms with Crippen molar-refractivity contribution in [1.82, 2.24) is 19.6 Å². The van der Waals surface area contributed by atoms with Gasteiger partial charge in [0.15, 0.2) is 5.69 Å². The first kappa shape index (κ1) is 27.3. The van der Waals surface area contributed by atoms with Crippen LogP contribution < -0.4 is 9.47 Å². The number of piperidine rings is 1. The van der Waals surface area contributed by atoms with E-state index in [1.807, 2.05) is 13.8 Å². The van der Waals surface area contributed by atoms with E-state index in [1.54, 1.807) is 20.5 Å². The lowest BCUT2D eigenvalue weighted by atomic mass is 10.1. The third-order valence-corrected chi connectivity index (χ3v) is 7.34. The van der Waals surface area contributed by atoms with Crippen molar-refractivity contribution >= 4 is 11.8 Å². The number of ether oxygens (including phenoxy) is 3. The summed E-state index contributed by atoms with van der Waals surface area (Å²) in [4.78, 5) is 30.1. The zero-order valence-corrected chi connectivity index (χ0v) is 22.1. The first-order chi connectivity index (χ1) is 18.6. The number of hydrogen-bond acceptors (Lipinski definition) is 6. The molecule has 1 aromatic heterocycles. The highest BCUT2D eigenvalue weighted by Crippen LogP contribution is 2.29. The molecule has 2 aromatic rings. The van der Waals surface area contributed by atoms with E-state index in [4.69, 9.17) is 9.47 Å². The summed E-state index contributed by atoms with van der Waals surface area (Å²) in [5, 5.41) is 4.62. The average molecular weight is 551 g/mol. The van der Waals surface area contributed by atoms with Gasteiger partial charge in [0.25, 0.3) is 5.91 Å². The first-order valence-corrected chi connectivity index (χ1v) is 13.4. The number of hydrogen-bond donors (Lipinski definition) is 0. The van der Waals surface area contributed by atoms with Crippen LogP contribution in [0.15, 0.2) is 24.3 Å². The van der Waals surface area contributed by atoms with Crippen LogP contribution in [-0.4, -0.2) is 82.2 Å². The Morgan fingerprint density at radius 1 is 1.05 bits per heavy atom. The molecule has 2 fully saturated rings. The van der Waals surface area contributed by atoms with Gasteiger partial charge in [0.1, 0.15) is 24.1 Å². The van der Waals surface area contributed by atoms with Gasteiger partial charge in [-0.3, -0.25) is 14.3 Å². The number of rotatable bonds is 6. The predicted molar refractivity (Wildman–Crippen MR) is 134 cm³/mol. The maximum absolute atomic E-state index is 13.3. The fourth-order valence-corrected chi connectivity index (χ4v) is 5.69. The Hall–Kier alpha value is -3.28. The fourth-order valence-electron chi connectivity index (χ4n) is 5.69. The molecule has 0 spiro atoms. The van der Waals surface area contributed by atoms with E-state index < -0.39 is 6.36 Å². The van der Waals surface area contributed by atoms with Crippen LogP contribution >= 0.6 is 0 Å². The molecular formula is C27H33F3N4O5. The Balaban J connectivity index is 1.18. The van der Waals surface area contributed by atoms with E-state index in [0.29, 0.717) is 44.7 Å². The first-order valence-electron chi connectivity index (χ1n) is 13.4. The maximum Gasteiger partial charge on any atom is 0.573 e. The summed E-state index contributed by atoms with van der Waals surface area (Å²) in [7, 11) is 0. The number of halogens is 3. The zero-order valence-electron chi connectivity index (χ0n) is 22.1. The molecule has 0 unspecified atom stereocenters. The Morgan fingerprint density at radius 2 is 1.74 bits per heavy atom. The van der Waals surface area contributed by atoms with E-state index in [9.17, 15) is 22.8 Å². The molecule has 1 aromatic carbocycles. The molecule has 3 heterocycles. The maximum atomic E-state index is 13.3. The highest BCUT2D eigenvalue weighted by molar-refractivity contribution is 5.94. The Bertz CT molecular complexity index is 1200. The molecule has 1 aliphatic carbocycles. The molecule has 212 valence electrons. The Morgan fingerprint density at radius 3 is 2.44 bits per heavy atom. The number of carbonyl (C=O) groups is 2. The lowest BCUT2D eigenvalue weighted by Crippen LogP contribution is -2.48. The third-order valence-electron chi connectivity index (χ3n) is 7.34. The molecule has 12 heteroatoms. The topological polar surface area (TPSA) is 86.1 Å². The lowest BCUT2D eigenvalue weighted by Gasteiger charge is -2.35. The fraction of sp³-hybridized carbons (Fsp3) is 0.593. The molecule has 0 saturated carbocycles. The molecular weight excluding hydrogens is 517 g/mol. The molecule has 2 aliphatic heterocycles. The number of likely N-dealkylation sites (tertiary alicyclic amines) is 1. The molecule has 9 nitrogen and oxygen atoms in total. The highest BCUT2D eigenvalue weighted by Gasteiger charge is 2.34. The van der Waals surface area contributed by atoms with Gasteiger partial charge in [-0.2, -0.15) is 5.10 Å². The van der Waals surface area contributed by atoms with Crippen molar-refractivity contribution in [1.29, 1.82) is 0 Å². The zero-order chi connectivity index (χ0) is 27.7. The van der Waals surface area contributed by atoms with Crippen LogP contribution in [0.2, 0.25) is 0 Å². The number of aromatic nitrogens is 2. The number of amides is 2. The Kier molecular flexibility index (Phi) is 7.75. The van der Waals surface area contributed by atoms with Gasteiger partial charge in [-0.05, 0) is 45.2 Å². The SMILES string of the molecule is C[C@@H]1CN(C(=O)c2nn(CC(=O)N3CCC(Oc4cccc(OC(F)(F)F)c4)CC3)c3c2CCC3)C[C@H](C)O1. The largest absolute Gasteiger partial charge is 0.573 e. The molecule has 0 N–H and O–H groups in total. The minimum absolute atomic E-state index is 0.0431. The monoisotopic (exact) mass is 550 g/mol. The average Bonchev–Trinajstić information content (AvgIpc) is 3.46. The van der Waals surface area contributed by atoms with Gasteiger partial charge in [0, 0.05) is 56.3 Å². The lowest BCUT2D eigenvalue weighted by molar-refractivity contribution is -0.274. The molecule has 3 aliphatic rings. The molecule has 2 atom stereocenters. The van der Waals surface area contributed by atoms with Crippen molar-refractivity contribution in [2.75, 3.05) is 26.2 Å². The van der Waals surface area contributed by atoms with Gasteiger partial charge in [-0.1, -0.05) is 6.07 Å². The molecule has 5 rings (SSSR count). The van der Waals surface area contributed by atoms with Crippen molar-refractivity contribution in [3.05, 3.63) is 41.2 Å². The van der Waals surface area contributed by atoms with Gasteiger partial charge in [0.05, 0.1) is 12.2 Å². The van der Waals surface area contributed by atoms with Crippen molar-refractivity contribution < 1.29 is 37.0 Å². The summed E-state index contributed by atoms with van der Waals surface area (Å²) in [6, 6.07) is 5.45. The second-order valence-corrected chi connectivity index (χ2v) is 10.5. The van der Waals surface area contributed by atoms with Gasteiger partial charge in [0.2, 0.25) is 5.91 Å². The number of alkyl halides is 3. The van der Waals surface area contributed by atoms with Crippen LogP contribution in [0.5, 0.6) is 11.5 Å². The normalized spacial score (nSPS) is 22.1. The second kappa shape index (κ2) is 11.1. The number of benzene rings is 1.